The molecule has 0 saturated heterocycles. The first kappa shape index (κ1) is 10.8. The van der Waals surface area contributed by atoms with Crippen molar-refractivity contribution in [2.45, 2.75) is 0 Å². The van der Waals surface area contributed by atoms with Gasteiger partial charge in [-0.15, -0.1) is 0 Å². The molecule has 2 aromatic carbocycles. The minimum absolute atomic E-state index is 0.731. The zero-order valence-corrected chi connectivity index (χ0v) is 9.75. The minimum Gasteiger partial charge on any atom is -0.388 e. The standard InChI is InChI=1S/C13H13ClN2/c1-15-11-5-3-7-13(9-11)16-12-6-2-4-10(14)8-12/h2-9,15-16H,1H3. The topological polar surface area (TPSA) is 24.1 Å². The highest BCUT2D eigenvalue weighted by Crippen LogP contribution is 2.21. The summed E-state index contributed by atoms with van der Waals surface area (Å²) in [6.45, 7) is 0. The summed E-state index contributed by atoms with van der Waals surface area (Å²) in [6, 6.07) is 15.7. The van der Waals surface area contributed by atoms with Gasteiger partial charge in [-0.2, -0.15) is 0 Å². The third-order valence-electron chi connectivity index (χ3n) is 2.26. The maximum Gasteiger partial charge on any atom is 0.0426 e. The van der Waals surface area contributed by atoms with Crippen LogP contribution in [0.3, 0.4) is 0 Å². The highest BCUT2D eigenvalue weighted by atomic mass is 35.5. The molecule has 0 atom stereocenters. The second kappa shape index (κ2) is 4.90. The first-order valence-corrected chi connectivity index (χ1v) is 5.46. The molecule has 2 nitrogen and oxygen atoms in total. The summed E-state index contributed by atoms with van der Waals surface area (Å²) in [7, 11) is 1.90. The molecule has 0 radical (unpaired) electrons. The van der Waals surface area contributed by atoms with E-state index in [1.165, 1.54) is 0 Å². The van der Waals surface area contributed by atoms with Gasteiger partial charge in [0.2, 0.25) is 0 Å². The number of hydrogen-bond donors (Lipinski definition) is 2. The molecule has 2 aromatic rings. The Kier molecular flexibility index (Phi) is 3.32. The van der Waals surface area contributed by atoms with Crippen molar-refractivity contribution in [1.82, 2.24) is 0 Å². The van der Waals surface area contributed by atoms with Crippen LogP contribution >= 0.6 is 11.6 Å². The summed E-state index contributed by atoms with van der Waals surface area (Å²) >= 11 is 5.92. The Balaban J connectivity index is 2.20. The second-order valence-corrected chi connectivity index (χ2v) is 3.90. The van der Waals surface area contributed by atoms with E-state index in [-0.39, 0.29) is 0 Å². The van der Waals surface area contributed by atoms with E-state index >= 15 is 0 Å². The lowest BCUT2D eigenvalue weighted by molar-refractivity contribution is 1.49. The van der Waals surface area contributed by atoms with E-state index in [0.29, 0.717) is 0 Å². The Morgan fingerprint density at radius 3 is 2.19 bits per heavy atom. The molecular formula is C13H13ClN2. The van der Waals surface area contributed by atoms with Gasteiger partial charge in [-0.05, 0) is 36.4 Å². The van der Waals surface area contributed by atoms with Crippen molar-refractivity contribution in [3.63, 3.8) is 0 Å². The predicted octanol–water partition coefficient (Wildman–Crippen LogP) is 4.13. The summed E-state index contributed by atoms with van der Waals surface area (Å²) in [4.78, 5) is 0. The highest BCUT2D eigenvalue weighted by molar-refractivity contribution is 6.30. The molecule has 0 amide bonds. The van der Waals surface area contributed by atoms with Crippen LogP contribution in [0.5, 0.6) is 0 Å². The quantitative estimate of drug-likeness (QED) is 0.832. The van der Waals surface area contributed by atoms with Gasteiger partial charge in [-0.1, -0.05) is 23.7 Å². The normalized spacial score (nSPS) is 9.88. The smallest absolute Gasteiger partial charge is 0.0426 e. The SMILES string of the molecule is CNc1cccc(Nc2cccc(Cl)c2)c1. The first-order chi connectivity index (χ1) is 7.78. The minimum atomic E-state index is 0.731. The summed E-state index contributed by atoms with van der Waals surface area (Å²) in [5.74, 6) is 0. The van der Waals surface area contributed by atoms with Crippen LogP contribution in [0.2, 0.25) is 5.02 Å². The molecule has 2 rings (SSSR count). The fourth-order valence-electron chi connectivity index (χ4n) is 1.49. The third kappa shape index (κ3) is 2.67. The molecule has 0 aliphatic rings. The fraction of sp³-hybridized carbons (Fsp3) is 0.0769. The van der Waals surface area contributed by atoms with Crippen molar-refractivity contribution in [1.29, 1.82) is 0 Å². The summed E-state index contributed by atoms with van der Waals surface area (Å²) in [6.07, 6.45) is 0. The van der Waals surface area contributed by atoms with Crippen molar-refractivity contribution >= 4 is 28.7 Å². The van der Waals surface area contributed by atoms with Crippen LogP contribution in [-0.4, -0.2) is 7.05 Å². The molecule has 0 unspecified atom stereocenters. The van der Waals surface area contributed by atoms with Crippen LogP contribution in [0.15, 0.2) is 48.5 Å². The van der Waals surface area contributed by atoms with Crippen LogP contribution in [0, 0.1) is 0 Å². The molecule has 0 aromatic heterocycles. The van der Waals surface area contributed by atoms with E-state index < -0.39 is 0 Å². The van der Waals surface area contributed by atoms with Crippen LogP contribution < -0.4 is 10.6 Å². The van der Waals surface area contributed by atoms with E-state index in [2.05, 4.69) is 10.6 Å². The van der Waals surface area contributed by atoms with Gasteiger partial charge in [0.1, 0.15) is 0 Å². The van der Waals surface area contributed by atoms with E-state index in [1.54, 1.807) is 0 Å². The van der Waals surface area contributed by atoms with Crippen LogP contribution in [-0.2, 0) is 0 Å². The van der Waals surface area contributed by atoms with Crippen molar-refractivity contribution in [2.75, 3.05) is 17.7 Å². The molecule has 0 aliphatic heterocycles. The molecule has 16 heavy (non-hydrogen) atoms. The van der Waals surface area contributed by atoms with Gasteiger partial charge < -0.3 is 10.6 Å². The van der Waals surface area contributed by atoms with Crippen molar-refractivity contribution in [3.8, 4) is 0 Å². The van der Waals surface area contributed by atoms with Gasteiger partial charge in [0.25, 0.3) is 0 Å². The first-order valence-electron chi connectivity index (χ1n) is 5.08. The zero-order chi connectivity index (χ0) is 11.4. The number of rotatable bonds is 3. The van der Waals surface area contributed by atoms with Gasteiger partial charge in [0.15, 0.2) is 0 Å². The van der Waals surface area contributed by atoms with E-state index in [1.807, 2.05) is 55.6 Å². The average Bonchev–Trinajstić information content (AvgIpc) is 2.29. The van der Waals surface area contributed by atoms with E-state index in [0.717, 1.165) is 22.1 Å². The lowest BCUT2D eigenvalue weighted by Gasteiger charge is -2.08. The van der Waals surface area contributed by atoms with E-state index in [9.17, 15) is 0 Å². The average molecular weight is 233 g/mol. The third-order valence-corrected chi connectivity index (χ3v) is 2.50. The zero-order valence-electron chi connectivity index (χ0n) is 9.00. The number of anilines is 3. The predicted molar refractivity (Wildman–Crippen MR) is 70.7 cm³/mol. The Morgan fingerprint density at radius 2 is 1.50 bits per heavy atom. The molecule has 82 valence electrons. The molecule has 0 heterocycles. The molecule has 2 N–H and O–H groups in total. The van der Waals surface area contributed by atoms with Gasteiger partial charge in [0, 0.05) is 29.1 Å². The monoisotopic (exact) mass is 232 g/mol. The molecular weight excluding hydrogens is 220 g/mol. The molecule has 0 bridgehead atoms. The van der Waals surface area contributed by atoms with Gasteiger partial charge in [0.05, 0.1) is 0 Å². The Bertz CT molecular complexity index is 483. The largest absolute Gasteiger partial charge is 0.388 e. The van der Waals surface area contributed by atoms with Crippen LogP contribution in [0.25, 0.3) is 0 Å². The second-order valence-electron chi connectivity index (χ2n) is 3.47. The van der Waals surface area contributed by atoms with E-state index in [4.69, 9.17) is 11.6 Å². The van der Waals surface area contributed by atoms with Crippen molar-refractivity contribution < 1.29 is 0 Å². The van der Waals surface area contributed by atoms with Crippen molar-refractivity contribution in [2.24, 2.45) is 0 Å². The Labute approximate surface area is 100 Å². The fourth-order valence-corrected chi connectivity index (χ4v) is 1.68. The molecule has 0 spiro atoms. The Morgan fingerprint density at radius 1 is 0.875 bits per heavy atom. The lowest BCUT2D eigenvalue weighted by atomic mass is 10.2. The highest BCUT2D eigenvalue weighted by Gasteiger charge is 1.96. The van der Waals surface area contributed by atoms with Crippen LogP contribution in [0.1, 0.15) is 0 Å². The Hall–Kier alpha value is -1.67. The molecule has 0 saturated carbocycles. The molecule has 3 heteroatoms. The van der Waals surface area contributed by atoms with Gasteiger partial charge in [-0.25, -0.2) is 0 Å². The molecule has 0 fully saturated rings. The summed E-state index contributed by atoms with van der Waals surface area (Å²) in [5.41, 5.74) is 3.10. The number of benzene rings is 2. The molecule has 0 aliphatic carbocycles. The number of nitrogens with one attached hydrogen (secondary N) is 2. The number of hydrogen-bond acceptors (Lipinski definition) is 2. The number of halogens is 1. The van der Waals surface area contributed by atoms with Crippen molar-refractivity contribution in [3.05, 3.63) is 53.6 Å². The maximum absolute atomic E-state index is 5.92. The lowest BCUT2D eigenvalue weighted by Crippen LogP contribution is -1.92. The van der Waals surface area contributed by atoms with Gasteiger partial charge >= 0.3 is 0 Å². The van der Waals surface area contributed by atoms with Crippen LogP contribution in [0.4, 0.5) is 17.1 Å². The van der Waals surface area contributed by atoms with Gasteiger partial charge in [-0.3, -0.25) is 0 Å². The summed E-state index contributed by atoms with van der Waals surface area (Å²) in [5, 5.41) is 7.12. The maximum atomic E-state index is 5.92. The summed E-state index contributed by atoms with van der Waals surface area (Å²) < 4.78 is 0.